The second-order valence-electron chi connectivity index (χ2n) is 5.83. The molecule has 0 fully saturated rings. The number of esters is 1. The molecule has 1 aliphatic heterocycles. The van der Waals surface area contributed by atoms with Gasteiger partial charge in [0.1, 0.15) is 0 Å². The molecule has 3 rings (SSSR count). The molecule has 0 N–H and O–H groups in total. The van der Waals surface area contributed by atoms with Crippen molar-refractivity contribution in [2.75, 3.05) is 13.2 Å². The Bertz CT molecular complexity index is 752. The molecule has 0 spiro atoms. The van der Waals surface area contributed by atoms with Crippen LogP contribution in [-0.2, 0) is 29.0 Å². The molecule has 1 aromatic carbocycles. The molecule has 1 aliphatic rings. The van der Waals surface area contributed by atoms with Gasteiger partial charge in [0.25, 0.3) is 0 Å². The number of carbonyl (C=O) groups is 2. The van der Waals surface area contributed by atoms with Crippen molar-refractivity contribution < 1.29 is 14.3 Å². The number of hydrogen-bond acceptors (Lipinski definition) is 4. The van der Waals surface area contributed by atoms with Gasteiger partial charge in [0.15, 0.2) is 5.69 Å². The van der Waals surface area contributed by atoms with Crippen LogP contribution in [0.1, 0.15) is 41.2 Å². The number of carbonyl (C=O) groups excluding carboxylic acids is 2. The van der Waals surface area contributed by atoms with Crippen molar-refractivity contribution in [2.45, 2.75) is 33.4 Å². The maximum absolute atomic E-state index is 12.3. The lowest BCUT2D eigenvalue weighted by Gasteiger charge is -2.26. The van der Waals surface area contributed by atoms with E-state index in [1.54, 1.807) is 18.7 Å². The second kappa shape index (κ2) is 6.86. The van der Waals surface area contributed by atoms with Crippen LogP contribution >= 0.6 is 0 Å². The van der Waals surface area contributed by atoms with Crippen LogP contribution in [-0.4, -0.2) is 39.7 Å². The van der Waals surface area contributed by atoms with Gasteiger partial charge in [0.2, 0.25) is 5.91 Å². The van der Waals surface area contributed by atoms with Crippen LogP contribution in [0, 0.1) is 0 Å². The van der Waals surface area contributed by atoms with E-state index in [0.717, 1.165) is 16.8 Å². The lowest BCUT2D eigenvalue weighted by atomic mass is 10.0. The Morgan fingerprint density at radius 3 is 2.67 bits per heavy atom. The van der Waals surface area contributed by atoms with Crippen LogP contribution in [0.4, 0.5) is 0 Å². The molecule has 0 saturated heterocycles. The number of benzene rings is 1. The summed E-state index contributed by atoms with van der Waals surface area (Å²) < 4.78 is 7.00. The minimum Gasteiger partial charge on any atom is -0.461 e. The Morgan fingerprint density at radius 1 is 1.25 bits per heavy atom. The third-order valence-corrected chi connectivity index (χ3v) is 4.22. The van der Waals surface area contributed by atoms with Crippen molar-refractivity contribution in [3.63, 3.8) is 0 Å². The van der Waals surface area contributed by atoms with Gasteiger partial charge in [0.05, 0.1) is 13.2 Å². The predicted molar refractivity (Wildman–Crippen MR) is 88.5 cm³/mol. The minimum atomic E-state index is -0.425. The zero-order valence-corrected chi connectivity index (χ0v) is 14.0. The van der Waals surface area contributed by atoms with Crippen molar-refractivity contribution >= 4 is 11.9 Å². The maximum atomic E-state index is 12.3. The quantitative estimate of drug-likeness (QED) is 0.806. The molecule has 0 atom stereocenters. The van der Waals surface area contributed by atoms with Crippen LogP contribution in [0.15, 0.2) is 30.3 Å². The monoisotopic (exact) mass is 327 g/mol. The molecule has 6 heteroatoms. The van der Waals surface area contributed by atoms with E-state index in [2.05, 4.69) is 5.10 Å². The lowest BCUT2D eigenvalue weighted by Crippen LogP contribution is -2.35. The van der Waals surface area contributed by atoms with Crippen LogP contribution < -0.4 is 0 Å². The normalized spacial score (nSPS) is 13.5. The van der Waals surface area contributed by atoms with Crippen molar-refractivity contribution in [1.82, 2.24) is 14.7 Å². The summed E-state index contributed by atoms with van der Waals surface area (Å²) >= 11 is 0. The van der Waals surface area contributed by atoms with Crippen LogP contribution in [0.25, 0.3) is 0 Å². The average Bonchev–Trinajstić information content (AvgIpc) is 2.94. The van der Waals surface area contributed by atoms with Gasteiger partial charge in [-0.2, -0.15) is 5.10 Å². The molecular formula is C18H21N3O3. The molecule has 0 unspecified atom stereocenters. The topological polar surface area (TPSA) is 64.4 Å². The third kappa shape index (κ3) is 3.18. The molecule has 24 heavy (non-hydrogen) atoms. The van der Waals surface area contributed by atoms with Gasteiger partial charge in [-0.05, 0) is 12.5 Å². The number of ether oxygens (including phenoxy) is 1. The summed E-state index contributed by atoms with van der Waals surface area (Å²) in [5, 5.41) is 4.50. The van der Waals surface area contributed by atoms with E-state index in [1.165, 1.54) is 0 Å². The molecular weight excluding hydrogens is 306 g/mol. The van der Waals surface area contributed by atoms with Gasteiger partial charge in [0, 0.05) is 37.7 Å². The molecule has 0 radical (unpaired) electrons. The minimum absolute atomic E-state index is 0.00580. The number of amides is 1. The number of aromatic nitrogens is 2. The third-order valence-electron chi connectivity index (χ3n) is 4.22. The van der Waals surface area contributed by atoms with Crippen LogP contribution in [0.5, 0.6) is 0 Å². The molecule has 1 amide bonds. The number of rotatable bonds is 4. The van der Waals surface area contributed by atoms with E-state index in [9.17, 15) is 9.59 Å². The summed E-state index contributed by atoms with van der Waals surface area (Å²) in [6, 6.07) is 9.99. The van der Waals surface area contributed by atoms with Crippen LogP contribution in [0.3, 0.4) is 0 Å². The molecule has 0 aliphatic carbocycles. The van der Waals surface area contributed by atoms with E-state index < -0.39 is 5.97 Å². The molecule has 6 nitrogen and oxygen atoms in total. The smallest absolute Gasteiger partial charge is 0.359 e. The van der Waals surface area contributed by atoms with E-state index in [1.807, 2.05) is 35.0 Å². The van der Waals surface area contributed by atoms with Crippen molar-refractivity contribution in [2.24, 2.45) is 0 Å². The van der Waals surface area contributed by atoms with Gasteiger partial charge in [-0.1, -0.05) is 30.3 Å². The van der Waals surface area contributed by atoms with E-state index in [-0.39, 0.29) is 5.91 Å². The molecule has 2 aromatic rings. The van der Waals surface area contributed by atoms with Crippen molar-refractivity contribution in [3.05, 3.63) is 52.8 Å². The highest BCUT2D eigenvalue weighted by Gasteiger charge is 2.29. The van der Waals surface area contributed by atoms with Gasteiger partial charge < -0.3 is 9.64 Å². The first kappa shape index (κ1) is 16.2. The SMILES string of the molecule is CCOC(=O)c1nn(Cc2ccccc2)c2c1CN(C(C)=O)CC2. The van der Waals surface area contributed by atoms with Crippen molar-refractivity contribution in [1.29, 1.82) is 0 Å². The molecule has 0 saturated carbocycles. The summed E-state index contributed by atoms with van der Waals surface area (Å²) in [5.41, 5.74) is 3.27. The average molecular weight is 327 g/mol. The Hall–Kier alpha value is -2.63. The van der Waals surface area contributed by atoms with Gasteiger partial charge in [-0.25, -0.2) is 4.79 Å². The fourth-order valence-electron chi connectivity index (χ4n) is 3.01. The Morgan fingerprint density at radius 2 is 2.00 bits per heavy atom. The maximum Gasteiger partial charge on any atom is 0.359 e. The first-order valence-electron chi connectivity index (χ1n) is 8.15. The fourth-order valence-corrected chi connectivity index (χ4v) is 3.01. The standard InChI is InChI=1S/C18H21N3O3/c1-3-24-18(23)17-15-12-20(13(2)22)10-9-16(15)21(19-17)11-14-7-5-4-6-8-14/h4-8H,3,9-12H2,1-2H3. The van der Waals surface area contributed by atoms with Gasteiger partial charge in [-0.15, -0.1) is 0 Å². The summed E-state index contributed by atoms with van der Waals surface area (Å²) in [6.45, 7) is 5.27. The summed E-state index contributed by atoms with van der Waals surface area (Å²) in [7, 11) is 0. The largest absolute Gasteiger partial charge is 0.461 e. The molecule has 0 bridgehead atoms. The van der Waals surface area contributed by atoms with Gasteiger partial charge in [-0.3, -0.25) is 9.48 Å². The number of fused-ring (bicyclic) bond motifs is 1. The number of nitrogens with zero attached hydrogens (tertiary/aromatic N) is 3. The van der Waals surface area contributed by atoms with E-state index >= 15 is 0 Å². The zero-order chi connectivity index (χ0) is 17.1. The van der Waals surface area contributed by atoms with Crippen molar-refractivity contribution in [3.8, 4) is 0 Å². The van der Waals surface area contributed by atoms with Gasteiger partial charge >= 0.3 is 5.97 Å². The zero-order valence-electron chi connectivity index (χ0n) is 14.0. The summed E-state index contributed by atoms with van der Waals surface area (Å²) in [5.74, 6) is -0.419. The first-order valence-corrected chi connectivity index (χ1v) is 8.15. The predicted octanol–water partition coefficient (Wildman–Crippen LogP) is 2.01. The second-order valence-corrected chi connectivity index (χ2v) is 5.83. The summed E-state index contributed by atoms with van der Waals surface area (Å²) in [6.07, 6.45) is 0.689. The Labute approximate surface area is 141 Å². The van der Waals surface area contributed by atoms with E-state index in [4.69, 9.17) is 4.74 Å². The first-order chi connectivity index (χ1) is 11.6. The highest BCUT2D eigenvalue weighted by molar-refractivity contribution is 5.89. The Kier molecular flexibility index (Phi) is 4.64. The fraction of sp³-hybridized carbons (Fsp3) is 0.389. The lowest BCUT2D eigenvalue weighted by molar-refractivity contribution is -0.129. The molecule has 2 heterocycles. The number of hydrogen-bond donors (Lipinski definition) is 0. The summed E-state index contributed by atoms with van der Waals surface area (Å²) in [4.78, 5) is 25.7. The molecule has 1 aromatic heterocycles. The van der Waals surface area contributed by atoms with Crippen LogP contribution in [0.2, 0.25) is 0 Å². The Balaban J connectivity index is 1.97. The van der Waals surface area contributed by atoms with E-state index in [0.29, 0.717) is 38.4 Å². The highest BCUT2D eigenvalue weighted by atomic mass is 16.5. The highest BCUT2D eigenvalue weighted by Crippen LogP contribution is 2.24. The molecule has 126 valence electrons.